The van der Waals surface area contributed by atoms with Gasteiger partial charge in [0.05, 0.1) is 7.11 Å². The Morgan fingerprint density at radius 3 is 2.48 bits per heavy atom. The smallest absolute Gasteiger partial charge is 0.270 e. The van der Waals surface area contributed by atoms with Crippen molar-refractivity contribution in [2.75, 3.05) is 13.7 Å². The van der Waals surface area contributed by atoms with Gasteiger partial charge < -0.3 is 15.4 Å². The van der Waals surface area contributed by atoms with E-state index in [9.17, 15) is 9.59 Å². The van der Waals surface area contributed by atoms with Gasteiger partial charge in [-0.25, -0.2) is 4.98 Å². The first-order chi connectivity index (χ1) is 13.2. The van der Waals surface area contributed by atoms with Crippen LogP contribution >= 0.6 is 0 Å². The van der Waals surface area contributed by atoms with Gasteiger partial charge in [-0.15, -0.1) is 0 Å². The van der Waals surface area contributed by atoms with Gasteiger partial charge in [0, 0.05) is 12.6 Å². The van der Waals surface area contributed by atoms with Crippen LogP contribution in [0.5, 0.6) is 5.75 Å². The van der Waals surface area contributed by atoms with E-state index in [1.165, 1.54) is 0 Å². The Balaban J connectivity index is 1.56. The molecule has 6 nitrogen and oxygen atoms in total. The van der Waals surface area contributed by atoms with Crippen LogP contribution in [0.3, 0.4) is 0 Å². The number of methoxy groups -OCH3 is 1. The normalized spacial score (nSPS) is 14.0. The summed E-state index contributed by atoms with van der Waals surface area (Å²) >= 11 is 0. The first-order valence-corrected chi connectivity index (χ1v) is 9.35. The monoisotopic (exact) mass is 367 g/mol. The lowest BCUT2D eigenvalue weighted by atomic mass is 10.1. The zero-order chi connectivity index (χ0) is 19.1. The van der Waals surface area contributed by atoms with Crippen molar-refractivity contribution in [2.45, 2.75) is 38.1 Å². The highest BCUT2D eigenvalue weighted by molar-refractivity contribution is 5.96. The topological polar surface area (TPSA) is 80.3 Å². The number of ether oxygens (including phenoxy) is 1. The number of pyridine rings is 1. The summed E-state index contributed by atoms with van der Waals surface area (Å²) in [4.78, 5) is 28.9. The number of amides is 2. The minimum atomic E-state index is -0.291. The molecule has 1 saturated carbocycles. The molecule has 6 heteroatoms. The third-order valence-electron chi connectivity index (χ3n) is 4.78. The van der Waals surface area contributed by atoms with Gasteiger partial charge in [-0.05, 0) is 43.0 Å². The molecule has 0 bridgehead atoms. The molecule has 0 unspecified atom stereocenters. The molecule has 0 spiro atoms. The van der Waals surface area contributed by atoms with Crippen LogP contribution in [-0.2, 0) is 6.42 Å². The molecule has 0 saturated heterocycles. The largest absolute Gasteiger partial charge is 0.496 e. The lowest BCUT2D eigenvalue weighted by Gasteiger charge is -2.12. The van der Waals surface area contributed by atoms with E-state index in [4.69, 9.17) is 4.74 Å². The Hall–Kier alpha value is -2.89. The number of aromatic nitrogens is 1. The highest BCUT2D eigenvalue weighted by Crippen LogP contribution is 2.18. The lowest BCUT2D eigenvalue weighted by molar-refractivity contribution is 0.0932. The van der Waals surface area contributed by atoms with Crippen LogP contribution in [0.25, 0.3) is 0 Å². The van der Waals surface area contributed by atoms with Crippen LogP contribution in [0.2, 0.25) is 0 Å². The summed E-state index contributed by atoms with van der Waals surface area (Å²) in [5.41, 5.74) is 1.55. The van der Waals surface area contributed by atoms with E-state index in [0.717, 1.165) is 37.0 Å². The fraction of sp³-hybridized carbons (Fsp3) is 0.381. The predicted molar refractivity (Wildman–Crippen MR) is 103 cm³/mol. The Kier molecular flexibility index (Phi) is 6.41. The maximum atomic E-state index is 12.4. The van der Waals surface area contributed by atoms with E-state index in [1.807, 2.05) is 24.3 Å². The van der Waals surface area contributed by atoms with Gasteiger partial charge >= 0.3 is 0 Å². The molecule has 1 aromatic carbocycles. The first kappa shape index (κ1) is 18.9. The highest BCUT2D eigenvalue weighted by Gasteiger charge is 2.19. The first-order valence-electron chi connectivity index (χ1n) is 9.35. The number of hydrogen-bond donors (Lipinski definition) is 2. The molecule has 0 radical (unpaired) electrons. The number of hydrogen-bond acceptors (Lipinski definition) is 4. The summed E-state index contributed by atoms with van der Waals surface area (Å²) in [5.74, 6) is 0.293. The van der Waals surface area contributed by atoms with Crippen molar-refractivity contribution in [3.05, 3.63) is 59.4 Å². The zero-order valence-corrected chi connectivity index (χ0v) is 15.5. The maximum Gasteiger partial charge on any atom is 0.270 e. The molecular weight excluding hydrogens is 342 g/mol. The van der Waals surface area contributed by atoms with Crippen molar-refractivity contribution < 1.29 is 14.3 Å². The summed E-state index contributed by atoms with van der Waals surface area (Å²) < 4.78 is 5.31. The van der Waals surface area contributed by atoms with Crippen LogP contribution in [0.1, 0.15) is 52.2 Å². The Labute approximate surface area is 159 Å². The fourth-order valence-corrected chi connectivity index (χ4v) is 3.33. The quantitative estimate of drug-likeness (QED) is 0.789. The van der Waals surface area contributed by atoms with E-state index in [2.05, 4.69) is 15.6 Å². The molecular formula is C21H25N3O3. The van der Waals surface area contributed by atoms with Crippen LogP contribution in [0.15, 0.2) is 42.5 Å². The van der Waals surface area contributed by atoms with Crippen LogP contribution in [0.4, 0.5) is 0 Å². The molecule has 27 heavy (non-hydrogen) atoms. The fourth-order valence-electron chi connectivity index (χ4n) is 3.33. The summed E-state index contributed by atoms with van der Waals surface area (Å²) in [5, 5.41) is 5.84. The SMILES string of the molecule is COc1ccccc1CCNC(=O)c1cccc(C(=O)NC2CCCC2)n1. The number of benzene rings is 1. The standard InChI is InChI=1S/C21H25N3O3/c1-27-19-12-5-2-7-15(19)13-14-22-20(25)17-10-6-11-18(24-17)21(26)23-16-8-3-4-9-16/h2,5-7,10-12,16H,3-4,8-9,13-14H2,1H3,(H,22,25)(H,23,26). The lowest BCUT2D eigenvalue weighted by Crippen LogP contribution is -2.34. The average molecular weight is 367 g/mol. The van der Waals surface area contributed by atoms with Crippen molar-refractivity contribution >= 4 is 11.8 Å². The summed E-state index contributed by atoms with van der Waals surface area (Å²) in [6, 6.07) is 12.9. The van der Waals surface area contributed by atoms with Gasteiger partial charge in [-0.1, -0.05) is 37.1 Å². The average Bonchev–Trinajstić information content (AvgIpc) is 3.21. The highest BCUT2D eigenvalue weighted by atomic mass is 16.5. The molecule has 1 aliphatic rings. The van der Waals surface area contributed by atoms with Crippen molar-refractivity contribution in [3.8, 4) is 5.75 Å². The van der Waals surface area contributed by atoms with E-state index >= 15 is 0 Å². The minimum absolute atomic E-state index is 0.217. The van der Waals surface area contributed by atoms with Gasteiger partial charge in [-0.2, -0.15) is 0 Å². The molecule has 142 valence electrons. The van der Waals surface area contributed by atoms with Gasteiger partial charge in [0.2, 0.25) is 0 Å². The number of nitrogens with zero attached hydrogens (tertiary/aromatic N) is 1. The summed E-state index contributed by atoms with van der Waals surface area (Å²) in [6.45, 7) is 0.458. The summed E-state index contributed by atoms with van der Waals surface area (Å²) in [7, 11) is 1.63. The number of rotatable bonds is 7. The molecule has 2 aromatic rings. The third kappa shape index (κ3) is 5.06. The minimum Gasteiger partial charge on any atom is -0.496 e. The second-order valence-corrected chi connectivity index (χ2v) is 6.68. The molecule has 3 rings (SSSR count). The maximum absolute atomic E-state index is 12.4. The summed E-state index contributed by atoms with van der Waals surface area (Å²) in [6.07, 6.45) is 4.96. The number of nitrogens with one attached hydrogen (secondary N) is 2. The van der Waals surface area contributed by atoms with E-state index < -0.39 is 0 Å². The number of carbonyl (C=O) groups excluding carboxylic acids is 2. The van der Waals surface area contributed by atoms with Crippen molar-refractivity contribution in [1.29, 1.82) is 0 Å². The third-order valence-corrected chi connectivity index (χ3v) is 4.78. The molecule has 1 heterocycles. The van der Waals surface area contributed by atoms with Crippen molar-refractivity contribution in [3.63, 3.8) is 0 Å². The molecule has 2 amide bonds. The number of carbonyl (C=O) groups is 2. The second kappa shape index (κ2) is 9.16. The van der Waals surface area contributed by atoms with Crippen LogP contribution in [-0.4, -0.2) is 36.5 Å². The van der Waals surface area contributed by atoms with E-state index in [1.54, 1.807) is 25.3 Å². The molecule has 1 aromatic heterocycles. The van der Waals surface area contributed by atoms with Gasteiger partial charge in [0.25, 0.3) is 11.8 Å². The number of para-hydroxylation sites is 1. The second-order valence-electron chi connectivity index (χ2n) is 6.68. The van der Waals surface area contributed by atoms with Crippen LogP contribution in [0, 0.1) is 0 Å². The Morgan fingerprint density at radius 2 is 1.74 bits per heavy atom. The van der Waals surface area contributed by atoms with E-state index in [-0.39, 0.29) is 29.2 Å². The van der Waals surface area contributed by atoms with Gasteiger partial charge in [0.1, 0.15) is 17.1 Å². The Morgan fingerprint density at radius 1 is 1.04 bits per heavy atom. The predicted octanol–water partition coefficient (Wildman–Crippen LogP) is 2.74. The molecule has 0 atom stereocenters. The molecule has 1 fully saturated rings. The van der Waals surface area contributed by atoms with Crippen molar-refractivity contribution in [2.24, 2.45) is 0 Å². The van der Waals surface area contributed by atoms with E-state index in [0.29, 0.717) is 13.0 Å². The Bertz CT molecular complexity index is 801. The molecule has 2 N–H and O–H groups in total. The van der Waals surface area contributed by atoms with Crippen molar-refractivity contribution in [1.82, 2.24) is 15.6 Å². The molecule has 0 aliphatic heterocycles. The van der Waals surface area contributed by atoms with Crippen LogP contribution < -0.4 is 15.4 Å². The van der Waals surface area contributed by atoms with Gasteiger partial charge in [0.15, 0.2) is 0 Å². The molecule has 1 aliphatic carbocycles. The zero-order valence-electron chi connectivity index (χ0n) is 15.5. The van der Waals surface area contributed by atoms with Gasteiger partial charge in [-0.3, -0.25) is 9.59 Å².